The molecule has 30 heavy (non-hydrogen) atoms. The predicted molar refractivity (Wildman–Crippen MR) is 97.4 cm³/mol. The van der Waals surface area contributed by atoms with Crippen LogP contribution in [-0.2, 0) is 17.8 Å². The molecule has 0 spiro atoms. The van der Waals surface area contributed by atoms with Gasteiger partial charge >= 0.3 is 12.1 Å². The Balaban J connectivity index is 0.000000318. The number of pyridine rings is 1. The maximum atomic E-state index is 11.9. The number of hydrogen-bond acceptors (Lipinski definition) is 5. The van der Waals surface area contributed by atoms with E-state index in [0.29, 0.717) is 29.3 Å². The number of nitrogens with one attached hydrogen (secondary N) is 2. The summed E-state index contributed by atoms with van der Waals surface area (Å²) < 4.78 is 37.3. The molecule has 0 fully saturated rings. The summed E-state index contributed by atoms with van der Waals surface area (Å²) in [7, 11) is 0. The standard InChI is InChI=1S/C17H15N3O3.C2HF3O2/c21-9-11-1-2-16(23-11)15-7-10(3-5-18-15)14-8-12-13(20-14)4-6-19-17(12)22;3-2(4,5)1(6)7/h1-3,5,7-8,20-21H,4,6,9H2,(H,19,22);(H,6,7). The van der Waals surface area contributed by atoms with Gasteiger partial charge in [-0.15, -0.1) is 0 Å². The van der Waals surface area contributed by atoms with Crippen molar-refractivity contribution in [3.63, 3.8) is 0 Å². The molecule has 3 aromatic rings. The highest BCUT2D eigenvalue weighted by Gasteiger charge is 2.38. The molecule has 3 aromatic heterocycles. The molecule has 0 aliphatic carbocycles. The number of fused-ring (bicyclic) bond motifs is 1. The average molecular weight is 423 g/mol. The molecule has 1 amide bonds. The van der Waals surface area contributed by atoms with Crippen molar-refractivity contribution in [1.29, 1.82) is 0 Å². The Morgan fingerprint density at radius 1 is 1.23 bits per heavy atom. The van der Waals surface area contributed by atoms with Gasteiger partial charge in [-0.05, 0) is 30.3 Å². The SMILES string of the molecule is O=C(O)C(F)(F)F.O=C1NCCc2[nH]c(-c3ccnc(-c4ccc(CO)o4)c3)cc21. The van der Waals surface area contributed by atoms with Crippen molar-refractivity contribution in [2.75, 3.05) is 6.54 Å². The van der Waals surface area contributed by atoms with Crippen molar-refractivity contribution >= 4 is 11.9 Å². The zero-order valence-electron chi connectivity index (χ0n) is 15.3. The van der Waals surface area contributed by atoms with E-state index in [1.54, 1.807) is 18.3 Å². The molecule has 0 aromatic carbocycles. The molecular weight excluding hydrogens is 407 g/mol. The lowest BCUT2D eigenvalue weighted by Crippen LogP contribution is -2.31. The van der Waals surface area contributed by atoms with Crippen molar-refractivity contribution in [2.45, 2.75) is 19.2 Å². The van der Waals surface area contributed by atoms with Crippen LogP contribution in [0.1, 0.15) is 21.8 Å². The number of aromatic nitrogens is 2. The van der Waals surface area contributed by atoms with Crippen LogP contribution in [0.15, 0.2) is 40.9 Å². The summed E-state index contributed by atoms with van der Waals surface area (Å²) in [5.41, 5.74) is 4.15. The van der Waals surface area contributed by atoms with Crippen molar-refractivity contribution in [3.8, 4) is 22.7 Å². The minimum Gasteiger partial charge on any atom is -0.475 e. The molecule has 0 saturated heterocycles. The number of amides is 1. The molecule has 1 aliphatic heterocycles. The van der Waals surface area contributed by atoms with Crippen LogP contribution in [0, 0.1) is 0 Å². The minimum absolute atomic E-state index is 0.0401. The molecule has 4 heterocycles. The van der Waals surface area contributed by atoms with Gasteiger partial charge in [0.1, 0.15) is 18.1 Å². The number of aliphatic hydroxyl groups is 1. The van der Waals surface area contributed by atoms with E-state index in [2.05, 4.69) is 15.3 Å². The van der Waals surface area contributed by atoms with Gasteiger partial charge in [0.05, 0.1) is 5.56 Å². The molecule has 158 valence electrons. The molecule has 1 aliphatic rings. The molecular formula is C19H16F3N3O5. The Morgan fingerprint density at radius 3 is 2.57 bits per heavy atom. The number of carbonyl (C=O) groups excluding carboxylic acids is 1. The van der Waals surface area contributed by atoms with Crippen molar-refractivity contribution in [3.05, 3.63) is 53.5 Å². The second-order valence-corrected chi connectivity index (χ2v) is 6.24. The third-order valence-electron chi connectivity index (χ3n) is 4.19. The van der Waals surface area contributed by atoms with Gasteiger partial charge in [0.2, 0.25) is 0 Å². The van der Waals surface area contributed by atoms with E-state index in [9.17, 15) is 18.0 Å². The average Bonchev–Trinajstić information content (AvgIpc) is 3.36. The lowest BCUT2D eigenvalue weighted by atomic mass is 10.1. The molecule has 8 nitrogen and oxygen atoms in total. The smallest absolute Gasteiger partial charge is 0.475 e. The third-order valence-corrected chi connectivity index (χ3v) is 4.19. The highest BCUT2D eigenvalue weighted by atomic mass is 19.4. The van der Waals surface area contributed by atoms with Crippen LogP contribution in [0.25, 0.3) is 22.7 Å². The molecule has 0 radical (unpaired) electrons. The molecule has 0 bridgehead atoms. The fraction of sp³-hybridized carbons (Fsp3) is 0.211. The number of furan rings is 1. The predicted octanol–water partition coefficient (Wildman–Crippen LogP) is 2.75. The number of halogens is 3. The third kappa shape index (κ3) is 4.69. The van der Waals surface area contributed by atoms with E-state index >= 15 is 0 Å². The molecule has 0 unspecified atom stereocenters. The van der Waals surface area contributed by atoms with Gasteiger partial charge in [-0.3, -0.25) is 9.78 Å². The quantitative estimate of drug-likeness (QED) is 0.513. The maximum Gasteiger partial charge on any atom is 0.490 e. The zero-order valence-corrected chi connectivity index (χ0v) is 15.3. The topological polar surface area (TPSA) is 128 Å². The van der Waals surface area contributed by atoms with Gasteiger partial charge in [0.15, 0.2) is 5.76 Å². The Bertz CT molecular complexity index is 1070. The number of carbonyl (C=O) groups is 2. The van der Waals surface area contributed by atoms with Gasteiger partial charge in [-0.1, -0.05) is 0 Å². The van der Waals surface area contributed by atoms with Crippen LogP contribution in [0.5, 0.6) is 0 Å². The first-order chi connectivity index (χ1) is 14.2. The highest BCUT2D eigenvalue weighted by Crippen LogP contribution is 2.28. The Hall–Kier alpha value is -3.60. The Morgan fingerprint density at radius 2 is 1.97 bits per heavy atom. The van der Waals surface area contributed by atoms with Crippen LogP contribution in [0.3, 0.4) is 0 Å². The summed E-state index contributed by atoms with van der Waals surface area (Å²) in [4.78, 5) is 28.4. The van der Waals surface area contributed by atoms with E-state index in [4.69, 9.17) is 19.4 Å². The largest absolute Gasteiger partial charge is 0.490 e. The van der Waals surface area contributed by atoms with E-state index in [1.807, 2.05) is 18.2 Å². The first kappa shape index (κ1) is 21.1. The monoisotopic (exact) mass is 423 g/mol. The fourth-order valence-corrected chi connectivity index (χ4v) is 2.78. The minimum atomic E-state index is -5.08. The zero-order chi connectivity index (χ0) is 21.9. The summed E-state index contributed by atoms with van der Waals surface area (Å²) >= 11 is 0. The molecule has 11 heteroatoms. The highest BCUT2D eigenvalue weighted by molar-refractivity contribution is 5.97. The van der Waals surface area contributed by atoms with E-state index in [1.165, 1.54) is 0 Å². The second-order valence-electron chi connectivity index (χ2n) is 6.24. The number of aliphatic hydroxyl groups excluding tert-OH is 1. The van der Waals surface area contributed by atoms with Gasteiger partial charge in [-0.25, -0.2) is 4.79 Å². The van der Waals surface area contributed by atoms with E-state index < -0.39 is 12.1 Å². The van der Waals surface area contributed by atoms with Gasteiger partial charge in [0.25, 0.3) is 5.91 Å². The van der Waals surface area contributed by atoms with Crippen LogP contribution >= 0.6 is 0 Å². The number of hydrogen-bond donors (Lipinski definition) is 4. The molecule has 0 atom stereocenters. The summed E-state index contributed by atoms with van der Waals surface area (Å²) in [6.45, 7) is 0.516. The van der Waals surface area contributed by atoms with Gasteiger partial charge in [0, 0.05) is 36.1 Å². The summed E-state index contributed by atoms with van der Waals surface area (Å²) in [6, 6.07) is 9.15. The van der Waals surface area contributed by atoms with Crippen LogP contribution in [0.4, 0.5) is 13.2 Å². The number of aliphatic carboxylic acids is 1. The number of aromatic amines is 1. The molecule has 4 rings (SSSR count). The Labute approximate surface area is 167 Å². The normalized spacial score (nSPS) is 13.1. The van der Waals surface area contributed by atoms with Crippen LogP contribution in [0.2, 0.25) is 0 Å². The first-order valence-corrected chi connectivity index (χ1v) is 8.65. The van der Waals surface area contributed by atoms with Crippen LogP contribution < -0.4 is 5.32 Å². The van der Waals surface area contributed by atoms with E-state index in [-0.39, 0.29) is 12.5 Å². The number of carboxylic acid groups (broad SMARTS) is 1. The molecule has 0 saturated carbocycles. The Kier molecular flexibility index (Phi) is 5.92. The van der Waals surface area contributed by atoms with Crippen LogP contribution in [-0.4, -0.2) is 44.8 Å². The lowest BCUT2D eigenvalue weighted by Gasteiger charge is -2.10. The van der Waals surface area contributed by atoms with Crippen molar-refractivity contribution < 1.29 is 37.4 Å². The summed E-state index contributed by atoms with van der Waals surface area (Å²) in [5.74, 6) is -1.70. The fourth-order valence-electron chi connectivity index (χ4n) is 2.78. The number of H-pyrrole nitrogens is 1. The first-order valence-electron chi connectivity index (χ1n) is 8.65. The van der Waals surface area contributed by atoms with Gasteiger partial charge < -0.3 is 24.9 Å². The van der Waals surface area contributed by atoms with Gasteiger partial charge in [-0.2, -0.15) is 13.2 Å². The second kappa shape index (κ2) is 8.41. The number of nitrogens with zero attached hydrogens (tertiary/aromatic N) is 1. The summed E-state index contributed by atoms with van der Waals surface area (Å²) in [6.07, 6.45) is -2.58. The maximum absolute atomic E-state index is 11.9. The lowest BCUT2D eigenvalue weighted by molar-refractivity contribution is -0.192. The number of alkyl halides is 3. The number of rotatable bonds is 3. The van der Waals surface area contributed by atoms with E-state index in [0.717, 1.165) is 23.4 Å². The molecule has 4 N–H and O–H groups in total. The van der Waals surface area contributed by atoms with Crippen molar-refractivity contribution in [1.82, 2.24) is 15.3 Å². The summed E-state index contributed by atoms with van der Waals surface area (Å²) in [5, 5.41) is 19.1. The number of carboxylic acids is 1. The van der Waals surface area contributed by atoms with Crippen molar-refractivity contribution in [2.24, 2.45) is 0 Å².